The summed E-state index contributed by atoms with van der Waals surface area (Å²) in [6.07, 6.45) is 10.2. The molecular formula is C60H63FN4O4. The van der Waals surface area contributed by atoms with Gasteiger partial charge in [-0.2, -0.15) is 0 Å². The number of nitrogens with one attached hydrogen (secondary N) is 4. The van der Waals surface area contributed by atoms with E-state index in [9.17, 15) is 19.2 Å². The van der Waals surface area contributed by atoms with Gasteiger partial charge in [-0.25, -0.2) is 4.39 Å². The molecule has 2 spiro atoms. The third-order valence-electron chi connectivity index (χ3n) is 15.6. The number of hydrogen-bond acceptors (Lipinski definition) is 4. The lowest BCUT2D eigenvalue weighted by atomic mass is 9.64. The van der Waals surface area contributed by atoms with Gasteiger partial charge in [-0.05, 0) is 178 Å². The maximum absolute atomic E-state index is 16.5. The van der Waals surface area contributed by atoms with Gasteiger partial charge >= 0.3 is 0 Å². The van der Waals surface area contributed by atoms with Gasteiger partial charge in [0.2, 0.25) is 0 Å². The van der Waals surface area contributed by atoms with Gasteiger partial charge in [-0.15, -0.1) is 0 Å². The summed E-state index contributed by atoms with van der Waals surface area (Å²) in [4.78, 5) is 56.1. The fraction of sp³-hybridized carbons (Fsp3) is 0.333. The molecule has 10 aliphatic heterocycles. The Labute approximate surface area is 405 Å². The topological polar surface area (TPSA) is 116 Å². The Kier molecular flexibility index (Phi) is 12.7. The fourth-order valence-corrected chi connectivity index (χ4v) is 12.0. The Morgan fingerprint density at radius 3 is 0.913 bits per heavy atom. The monoisotopic (exact) mass is 922 g/mol. The molecule has 6 aromatic carbocycles. The summed E-state index contributed by atoms with van der Waals surface area (Å²) in [7, 11) is 0. The van der Waals surface area contributed by atoms with Gasteiger partial charge in [-0.1, -0.05) is 99.2 Å². The lowest BCUT2D eigenvalue weighted by Gasteiger charge is -2.40. The van der Waals surface area contributed by atoms with Crippen LogP contribution in [0.4, 0.5) is 27.1 Å². The summed E-state index contributed by atoms with van der Waals surface area (Å²) < 4.78 is 16.5. The predicted molar refractivity (Wildman–Crippen MR) is 276 cm³/mol. The summed E-state index contributed by atoms with van der Waals surface area (Å²) in [5, 5.41) is 12.4. The van der Waals surface area contributed by atoms with E-state index in [1.54, 1.807) is 30.3 Å². The molecule has 10 heterocycles. The largest absolute Gasteiger partial charge is 0.322 e. The van der Waals surface area contributed by atoms with E-state index in [1.165, 1.54) is 23.3 Å². The minimum atomic E-state index is -0.886. The molecule has 12 bridgehead atoms. The molecule has 8 nitrogen and oxygen atoms in total. The van der Waals surface area contributed by atoms with E-state index in [0.29, 0.717) is 22.5 Å². The molecule has 2 saturated carbocycles. The zero-order chi connectivity index (χ0) is 48.9. The highest BCUT2D eigenvalue weighted by atomic mass is 19.1. The number of hydrogen-bond donors (Lipinski definition) is 4. The van der Waals surface area contributed by atoms with Gasteiger partial charge in [0.25, 0.3) is 23.6 Å². The van der Waals surface area contributed by atoms with Crippen LogP contribution < -0.4 is 21.3 Å². The molecule has 0 aromatic heterocycles. The van der Waals surface area contributed by atoms with Gasteiger partial charge < -0.3 is 21.3 Å². The van der Waals surface area contributed by atoms with Crippen LogP contribution in [-0.2, 0) is 10.8 Å². The maximum atomic E-state index is 16.5. The molecular weight excluding hydrogens is 860 g/mol. The zero-order valence-corrected chi connectivity index (χ0v) is 41.2. The molecule has 12 aliphatic rings. The van der Waals surface area contributed by atoms with Crippen molar-refractivity contribution in [2.24, 2.45) is 0 Å². The van der Waals surface area contributed by atoms with E-state index in [2.05, 4.69) is 69.8 Å². The van der Waals surface area contributed by atoms with E-state index in [1.807, 2.05) is 55.4 Å². The molecule has 354 valence electrons. The van der Waals surface area contributed by atoms with Crippen molar-refractivity contribution >= 4 is 46.4 Å². The molecule has 2 fully saturated rings. The highest BCUT2D eigenvalue weighted by Gasteiger charge is 2.39. The smallest absolute Gasteiger partial charge is 0.258 e. The van der Waals surface area contributed by atoms with E-state index in [4.69, 9.17) is 0 Å². The Balaban J connectivity index is 1.15. The van der Waals surface area contributed by atoms with Gasteiger partial charge in [-0.3, -0.25) is 19.2 Å². The summed E-state index contributed by atoms with van der Waals surface area (Å²) in [5.41, 5.74) is 14.1. The van der Waals surface area contributed by atoms with Crippen molar-refractivity contribution in [3.8, 4) is 0 Å². The van der Waals surface area contributed by atoms with Crippen molar-refractivity contribution in [3.63, 3.8) is 0 Å². The van der Waals surface area contributed by atoms with Crippen molar-refractivity contribution < 1.29 is 23.6 Å². The van der Waals surface area contributed by atoms with E-state index in [-0.39, 0.29) is 33.8 Å². The molecule has 69 heavy (non-hydrogen) atoms. The predicted octanol–water partition coefficient (Wildman–Crippen LogP) is 14.1. The molecule has 4 amide bonds. The third kappa shape index (κ3) is 8.66. The minimum Gasteiger partial charge on any atom is -0.322 e. The Hall–Kier alpha value is -6.87. The summed E-state index contributed by atoms with van der Waals surface area (Å²) in [5.74, 6) is -2.75. The van der Waals surface area contributed by atoms with Gasteiger partial charge in [0.15, 0.2) is 0 Å². The van der Waals surface area contributed by atoms with E-state index < -0.39 is 17.6 Å². The molecule has 9 heteroatoms. The number of carbonyl (C=O) groups is 4. The lowest BCUT2D eigenvalue weighted by molar-refractivity contribution is 0.100. The van der Waals surface area contributed by atoms with Crippen LogP contribution in [0.25, 0.3) is 0 Å². The SMILES string of the molecule is Cc1cc2cc(C)c1NC(=O)c1cccc(c1)C(=O)Nc1c(C)cc(cc1C)C1(CCCCC1)c1cc(C)c(c(C)c1)NC(=O)c1cccc(c1F)C(=O)Nc1c(C)cc(cc1C)C21CCCCC1. The number of aryl methyl sites for hydroxylation is 8. The highest BCUT2D eigenvalue weighted by Crippen LogP contribution is 2.49. The van der Waals surface area contributed by atoms with Crippen LogP contribution in [-0.4, -0.2) is 23.6 Å². The molecule has 0 unspecified atom stereocenters. The average Bonchev–Trinajstić information content (AvgIpc) is 3.33. The summed E-state index contributed by atoms with van der Waals surface area (Å²) in [6.45, 7) is 15.9. The normalized spacial score (nSPS) is 17.0. The van der Waals surface area contributed by atoms with Crippen LogP contribution in [0.5, 0.6) is 0 Å². The van der Waals surface area contributed by atoms with Crippen LogP contribution in [0.2, 0.25) is 0 Å². The number of benzene rings is 6. The average molecular weight is 923 g/mol. The zero-order valence-electron chi connectivity index (χ0n) is 41.2. The number of amides is 4. The van der Waals surface area contributed by atoms with Crippen molar-refractivity contribution in [1.29, 1.82) is 0 Å². The van der Waals surface area contributed by atoms with Crippen LogP contribution >= 0.6 is 0 Å². The second-order valence-corrected chi connectivity index (χ2v) is 20.3. The molecule has 0 radical (unpaired) electrons. The first kappa shape index (κ1) is 47.2. The second-order valence-electron chi connectivity index (χ2n) is 20.3. The van der Waals surface area contributed by atoms with Crippen molar-refractivity contribution in [3.05, 3.63) is 186 Å². The third-order valence-corrected chi connectivity index (χ3v) is 15.6. The Morgan fingerprint density at radius 2 is 0.623 bits per heavy atom. The highest BCUT2D eigenvalue weighted by molar-refractivity contribution is 6.11. The van der Waals surface area contributed by atoms with E-state index in [0.717, 1.165) is 131 Å². The van der Waals surface area contributed by atoms with Gasteiger partial charge in [0.1, 0.15) is 5.82 Å². The van der Waals surface area contributed by atoms with Gasteiger partial charge in [0.05, 0.1) is 11.1 Å². The fourth-order valence-electron chi connectivity index (χ4n) is 12.0. The van der Waals surface area contributed by atoms with Crippen LogP contribution in [0.15, 0.2) is 91.0 Å². The summed E-state index contributed by atoms with van der Waals surface area (Å²) >= 11 is 0. The summed E-state index contributed by atoms with van der Waals surface area (Å²) in [6, 6.07) is 28.6. The Morgan fingerprint density at radius 1 is 0.362 bits per heavy atom. The molecule has 18 rings (SSSR count). The number of anilines is 4. The quantitative estimate of drug-likeness (QED) is 0.121. The molecule has 2 aliphatic carbocycles. The van der Waals surface area contributed by atoms with Crippen molar-refractivity contribution in [2.45, 2.75) is 130 Å². The second kappa shape index (κ2) is 18.6. The first-order chi connectivity index (χ1) is 33.0. The van der Waals surface area contributed by atoms with Crippen molar-refractivity contribution in [2.75, 3.05) is 21.3 Å². The van der Waals surface area contributed by atoms with Crippen LogP contribution in [0.1, 0.15) is 172 Å². The first-order valence-corrected chi connectivity index (χ1v) is 24.6. The molecule has 0 saturated heterocycles. The first-order valence-electron chi connectivity index (χ1n) is 24.6. The number of halogens is 1. The standard InChI is InChI=1S/C60H63FN4O4/c1-34-25-44-26-35(2)51(34)62-55(66)42-17-15-18-43(33-42)56(67)63-52-36(3)27-45(28-37(52)4)60(23-13-10-14-24-60)47-31-40(7)54(41(8)32-47)65-58(69)49-20-16-19-48(50(49)61)57(68)64-53-38(5)29-46(30-39(53)6)59(44)21-11-9-12-22-59/h15-20,25-33H,9-14,21-24H2,1-8H3,(H,62,66)(H,63,67)(H,64,68)(H,65,69). The number of rotatable bonds is 0. The molecule has 0 atom stereocenters. The molecule has 6 aromatic rings. The van der Waals surface area contributed by atoms with Crippen LogP contribution in [0.3, 0.4) is 0 Å². The lowest BCUT2D eigenvalue weighted by Crippen LogP contribution is -2.31. The number of carbonyl (C=O) groups excluding carboxylic acids is 4. The molecule has 4 N–H and O–H groups in total. The van der Waals surface area contributed by atoms with Gasteiger partial charge in [0, 0.05) is 44.7 Å². The van der Waals surface area contributed by atoms with Crippen molar-refractivity contribution in [1.82, 2.24) is 0 Å². The maximum Gasteiger partial charge on any atom is 0.258 e. The van der Waals surface area contributed by atoms with E-state index >= 15 is 4.39 Å². The van der Waals surface area contributed by atoms with Crippen LogP contribution in [0, 0.1) is 61.2 Å². The minimum absolute atomic E-state index is 0.217. The Bertz CT molecular complexity index is 2810.